The number of nitrogens with zero attached hydrogens (tertiary/aromatic N) is 2. The quantitative estimate of drug-likeness (QED) is 0.167. The van der Waals surface area contributed by atoms with Crippen molar-refractivity contribution in [3.8, 4) is 0 Å². The maximum atomic E-state index is 12.4. The van der Waals surface area contributed by atoms with Gasteiger partial charge in [0.15, 0.2) is 0 Å². The normalized spacial score (nSPS) is 11.5. The van der Waals surface area contributed by atoms with Crippen molar-refractivity contribution < 1.29 is 28.5 Å². The summed E-state index contributed by atoms with van der Waals surface area (Å²) in [6, 6.07) is 12.1. The highest BCUT2D eigenvalue weighted by Gasteiger charge is 2.18. The molecular formula is C17H16Cl2N3O6PS. The number of phosphoric acid groups is 1. The van der Waals surface area contributed by atoms with E-state index in [-0.39, 0.29) is 6.54 Å². The number of rotatable bonds is 8. The number of amides is 3. The van der Waals surface area contributed by atoms with Gasteiger partial charge < -0.3 is 15.1 Å². The van der Waals surface area contributed by atoms with Crippen molar-refractivity contribution in [2.75, 3.05) is 6.73 Å². The fourth-order valence-corrected chi connectivity index (χ4v) is 3.10. The summed E-state index contributed by atoms with van der Waals surface area (Å²) >= 11 is 12.4. The lowest BCUT2D eigenvalue weighted by Crippen LogP contribution is -2.36. The number of hydrogen-bond donors (Lipinski definition) is 3. The van der Waals surface area contributed by atoms with Crippen molar-refractivity contribution in [1.82, 2.24) is 9.62 Å². The molecule has 0 heterocycles. The van der Waals surface area contributed by atoms with Crippen LogP contribution < -0.4 is 5.32 Å². The van der Waals surface area contributed by atoms with E-state index in [9.17, 15) is 14.2 Å². The minimum Gasteiger partial charge on any atom is -0.314 e. The van der Waals surface area contributed by atoms with E-state index >= 15 is 0 Å². The van der Waals surface area contributed by atoms with Gasteiger partial charge in [0.25, 0.3) is 5.91 Å². The molecule has 0 saturated carbocycles. The van der Waals surface area contributed by atoms with Gasteiger partial charge in [0.05, 0.1) is 12.1 Å². The smallest absolute Gasteiger partial charge is 0.314 e. The summed E-state index contributed by atoms with van der Waals surface area (Å²) in [5.41, 5.74) is 2.21. The zero-order valence-electron chi connectivity index (χ0n) is 15.1. The van der Waals surface area contributed by atoms with E-state index in [1.165, 1.54) is 22.0 Å². The lowest BCUT2D eigenvalue weighted by molar-refractivity contribution is 0.100. The Morgan fingerprint density at radius 3 is 2.23 bits per heavy atom. The summed E-state index contributed by atoms with van der Waals surface area (Å²) < 4.78 is 16.1. The molecule has 13 heteroatoms. The second-order valence-corrected chi connectivity index (χ2v) is 8.54. The maximum absolute atomic E-state index is 12.4. The number of hydrogen-bond acceptors (Lipinski definition) is 5. The van der Waals surface area contributed by atoms with Gasteiger partial charge in [0, 0.05) is 27.6 Å². The average molecular weight is 492 g/mol. The van der Waals surface area contributed by atoms with Crippen molar-refractivity contribution in [2.24, 2.45) is 4.99 Å². The van der Waals surface area contributed by atoms with Gasteiger partial charge in [0.2, 0.25) is 0 Å². The molecule has 0 radical (unpaired) electrons. The van der Waals surface area contributed by atoms with Crippen LogP contribution in [-0.2, 0) is 15.6 Å². The molecule has 0 saturated heterocycles. The summed E-state index contributed by atoms with van der Waals surface area (Å²) in [4.78, 5) is 45.6. The van der Waals surface area contributed by atoms with E-state index in [1.807, 2.05) is 0 Å². The second-order valence-electron chi connectivity index (χ2n) is 5.56. The summed E-state index contributed by atoms with van der Waals surface area (Å²) in [5, 5.41) is 3.21. The van der Waals surface area contributed by atoms with Crippen LogP contribution in [0.3, 0.4) is 0 Å². The van der Waals surface area contributed by atoms with Gasteiger partial charge in [-0.3, -0.25) is 13.6 Å². The van der Waals surface area contributed by atoms with E-state index in [2.05, 4.69) is 14.8 Å². The van der Waals surface area contributed by atoms with Gasteiger partial charge in [-0.25, -0.2) is 14.4 Å². The van der Waals surface area contributed by atoms with Crippen LogP contribution in [0.1, 0.15) is 15.9 Å². The van der Waals surface area contributed by atoms with E-state index in [4.69, 9.17) is 33.0 Å². The molecule has 0 aliphatic rings. The maximum Gasteiger partial charge on any atom is 0.471 e. The topological polar surface area (TPSA) is 129 Å². The van der Waals surface area contributed by atoms with Gasteiger partial charge in [-0.05, 0) is 42.0 Å². The number of halogens is 2. The minimum absolute atomic E-state index is 0.0880. The number of aliphatic imine (C=N–C) groups is 1. The third-order valence-corrected chi connectivity index (χ3v) is 5.08. The van der Waals surface area contributed by atoms with Gasteiger partial charge in [-0.2, -0.15) is 0 Å². The third-order valence-electron chi connectivity index (χ3n) is 3.36. The monoisotopic (exact) mass is 491 g/mol. The van der Waals surface area contributed by atoms with Crippen LogP contribution in [-0.4, -0.2) is 38.3 Å². The summed E-state index contributed by atoms with van der Waals surface area (Å²) in [7, 11) is -4.73. The molecule has 3 amide bonds. The zero-order chi connectivity index (χ0) is 22.1. The largest absolute Gasteiger partial charge is 0.471 e. The van der Waals surface area contributed by atoms with Gasteiger partial charge >= 0.3 is 13.9 Å². The molecule has 2 rings (SSSR count). The molecule has 0 aromatic heterocycles. The first-order valence-corrected chi connectivity index (χ1v) is 11.3. The van der Waals surface area contributed by atoms with Crippen molar-refractivity contribution in [3.63, 3.8) is 0 Å². The second kappa shape index (κ2) is 11.5. The number of phosphoric ester groups is 1. The molecule has 3 N–H and O–H groups in total. The fourth-order valence-electron chi connectivity index (χ4n) is 1.97. The first-order valence-electron chi connectivity index (χ1n) is 8.13. The van der Waals surface area contributed by atoms with Crippen LogP contribution in [0.5, 0.6) is 0 Å². The SMILES string of the molecule is O=C(N=CSN(Cc1ccc(Cl)cc1)C(=O)NCOP(=O)(O)O)c1ccc(Cl)cc1. The third kappa shape index (κ3) is 8.85. The lowest BCUT2D eigenvalue weighted by atomic mass is 10.2. The number of benzene rings is 2. The van der Waals surface area contributed by atoms with Crippen LogP contribution in [0.4, 0.5) is 4.79 Å². The Morgan fingerprint density at radius 1 is 1.10 bits per heavy atom. The van der Waals surface area contributed by atoms with E-state index < -0.39 is 26.5 Å². The van der Waals surface area contributed by atoms with Crippen LogP contribution >= 0.6 is 43.0 Å². The Morgan fingerprint density at radius 2 is 1.67 bits per heavy atom. The van der Waals surface area contributed by atoms with Crippen LogP contribution in [0, 0.1) is 0 Å². The first-order chi connectivity index (χ1) is 14.1. The minimum atomic E-state index is -4.73. The predicted octanol–water partition coefficient (Wildman–Crippen LogP) is 4.09. The van der Waals surface area contributed by atoms with Crippen molar-refractivity contribution in [1.29, 1.82) is 0 Å². The molecule has 9 nitrogen and oxygen atoms in total. The lowest BCUT2D eigenvalue weighted by Gasteiger charge is -2.20. The summed E-state index contributed by atoms with van der Waals surface area (Å²) in [6.45, 7) is -0.619. The first kappa shape index (κ1) is 24.4. The molecular weight excluding hydrogens is 476 g/mol. The van der Waals surface area contributed by atoms with Crippen LogP contribution in [0.15, 0.2) is 53.5 Å². The number of carbonyl (C=O) groups is 2. The molecule has 0 unspecified atom stereocenters. The molecule has 0 fully saturated rings. The molecule has 0 atom stereocenters. The molecule has 0 aliphatic heterocycles. The summed E-state index contributed by atoms with van der Waals surface area (Å²) in [5.74, 6) is -0.532. The Kier molecular flexibility index (Phi) is 9.32. The Balaban J connectivity index is 2.04. The van der Waals surface area contributed by atoms with E-state index in [0.717, 1.165) is 17.5 Å². The van der Waals surface area contributed by atoms with Gasteiger partial charge in [-0.1, -0.05) is 35.3 Å². The standard InChI is InChI=1S/C17H16Cl2N3O6PS/c18-14-5-1-12(2-6-14)9-22(17(24)20-10-28-29(25,26)27)30-11-21-16(23)13-3-7-15(19)8-4-13/h1-8,11H,9-10H2,(H,20,24)(H2,25,26,27). The van der Waals surface area contributed by atoms with Crippen LogP contribution in [0.2, 0.25) is 10.0 Å². The molecule has 0 bridgehead atoms. The average Bonchev–Trinajstić information content (AvgIpc) is 2.68. The molecule has 2 aromatic rings. The van der Waals surface area contributed by atoms with Crippen molar-refractivity contribution in [3.05, 3.63) is 69.7 Å². The van der Waals surface area contributed by atoms with Crippen LogP contribution in [0.25, 0.3) is 0 Å². The van der Waals surface area contributed by atoms with Gasteiger partial charge in [-0.15, -0.1) is 0 Å². The van der Waals surface area contributed by atoms with E-state index in [0.29, 0.717) is 15.6 Å². The molecule has 160 valence electrons. The zero-order valence-corrected chi connectivity index (χ0v) is 18.4. The fraction of sp³-hybridized carbons (Fsp3) is 0.118. The molecule has 30 heavy (non-hydrogen) atoms. The Bertz CT molecular complexity index is 953. The number of urea groups is 1. The number of nitrogens with one attached hydrogen (secondary N) is 1. The highest BCUT2D eigenvalue weighted by molar-refractivity contribution is 8.10. The Labute approximate surface area is 186 Å². The van der Waals surface area contributed by atoms with Crippen molar-refractivity contribution in [2.45, 2.75) is 6.54 Å². The molecule has 0 spiro atoms. The summed E-state index contributed by atoms with van der Waals surface area (Å²) in [6.07, 6.45) is 0. The highest BCUT2D eigenvalue weighted by Crippen LogP contribution is 2.34. The Hall–Kier alpha value is -1.91. The molecule has 2 aromatic carbocycles. The van der Waals surface area contributed by atoms with E-state index in [1.54, 1.807) is 36.4 Å². The highest BCUT2D eigenvalue weighted by atomic mass is 35.5. The predicted molar refractivity (Wildman–Crippen MR) is 115 cm³/mol. The van der Waals surface area contributed by atoms with Crippen molar-refractivity contribution >= 4 is 60.5 Å². The molecule has 0 aliphatic carbocycles. The van der Waals surface area contributed by atoms with Gasteiger partial charge in [0.1, 0.15) is 6.73 Å². The number of carbonyl (C=O) groups excluding carboxylic acids is 2.